The maximum atomic E-state index is 11.5. The molecule has 2 aromatic rings. The van der Waals surface area contributed by atoms with Crippen LogP contribution in [0.4, 0.5) is 0 Å². The topological polar surface area (TPSA) is 43.3 Å². The van der Waals surface area contributed by atoms with Crippen molar-refractivity contribution in [3.05, 3.63) is 48.5 Å². The van der Waals surface area contributed by atoms with Gasteiger partial charge in [-0.2, -0.15) is 0 Å². The quantitative estimate of drug-likeness (QED) is 0.597. The van der Waals surface area contributed by atoms with Crippen LogP contribution in [0.1, 0.15) is 0 Å². The molecule has 1 N–H and O–H groups in total. The minimum Gasteiger partial charge on any atom is -0.872 e. The smallest absolute Gasteiger partial charge is 0.872 e. The van der Waals surface area contributed by atoms with Gasteiger partial charge in [0.2, 0.25) is 0 Å². The van der Waals surface area contributed by atoms with Gasteiger partial charge in [-0.25, -0.2) is 0 Å². The minimum atomic E-state index is -0.0750. The molecule has 0 fully saturated rings. The van der Waals surface area contributed by atoms with E-state index in [0.717, 1.165) is 0 Å². The molecule has 0 amide bonds. The monoisotopic (exact) mass is 192 g/mol. The van der Waals surface area contributed by atoms with Crippen LogP contribution in [0.25, 0.3) is 11.1 Å². The Morgan fingerprint density at radius 3 is 1.93 bits per heavy atom. The van der Waals surface area contributed by atoms with Gasteiger partial charge in [-0.15, -0.1) is 5.75 Å². The number of hydrogen-bond donors (Lipinski definition) is 1. The summed E-state index contributed by atoms with van der Waals surface area (Å²) < 4.78 is 0. The van der Waals surface area contributed by atoms with Crippen molar-refractivity contribution in [2.24, 2.45) is 0 Å². The van der Waals surface area contributed by atoms with Crippen molar-refractivity contribution in [1.29, 1.82) is 0 Å². The largest absolute Gasteiger partial charge is 1.00 e. The van der Waals surface area contributed by atoms with Crippen LogP contribution in [0.2, 0.25) is 0 Å². The van der Waals surface area contributed by atoms with Gasteiger partial charge >= 0.3 is 18.9 Å². The molecule has 3 heteroatoms. The van der Waals surface area contributed by atoms with Crippen molar-refractivity contribution in [2.45, 2.75) is 0 Å². The van der Waals surface area contributed by atoms with Crippen molar-refractivity contribution in [2.75, 3.05) is 0 Å². The second-order valence-corrected chi connectivity index (χ2v) is 3.01. The second kappa shape index (κ2) is 4.93. The predicted molar refractivity (Wildman–Crippen MR) is 53.0 cm³/mol. The average Bonchev–Trinajstić information content (AvgIpc) is 2.20. The number of hydrogen-bond acceptors (Lipinski definition) is 2. The summed E-state index contributed by atoms with van der Waals surface area (Å²) in [6.07, 6.45) is 0. The van der Waals surface area contributed by atoms with E-state index in [0.29, 0.717) is 11.1 Å². The summed E-state index contributed by atoms with van der Waals surface area (Å²) in [7, 11) is 0. The number of rotatable bonds is 1. The van der Waals surface area contributed by atoms with E-state index in [-0.39, 0.29) is 30.4 Å². The molecule has 0 saturated carbocycles. The van der Waals surface area contributed by atoms with Gasteiger partial charge in [0, 0.05) is 5.56 Å². The summed E-state index contributed by atoms with van der Waals surface area (Å²) in [5, 5.41) is 21.0. The summed E-state index contributed by atoms with van der Waals surface area (Å²) in [6.45, 7) is 0. The van der Waals surface area contributed by atoms with Crippen LogP contribution in [-0.4, -0.2) is 5.11 Å². The first-order valence-electron chi connectivity index (χ1n) is 4.33. The molecule has 2 aromatic carbocycles. The molecule has 0 atom stereocenters. The molecule has 0 heterocycles. The molecular weight excluding hydrogens is 183 g/mol. The van der Waals surface area contributed by atoms with E-state index >= 15 is 0 Å². The fraction of sp³-hybridized carbons (Fsp3) is 0. The van der Waals surface area contributed by atoms with Gasteiger partial charge < -0.3 is 10.2 Å². The van der Waals surface area contributed by atoms with Crippen molar-refractivity contribution in [3.63, 3.8) is 0 Å². The van der Waals surface area contributed by atoms with E-state index in [1.54, 1.807) is 42.5 Å². The van der Waals surface area contributed by atoms with Crippen LogP contribution in [0, 0.1) is 0 Å². The maximum absolute atomic E-state index is 11.5. The third-order valence-corrected chi connectivity index (χ3v) is 2.08. The minimum absolute atomic E-state index is 0. The van der Waals surface area contributed by atoms with Crippen LogP contribution < -0.4 is 24.0 Å². The fourth-order valence-electron chi connectivity index (χ4n) is 1.39. The predicted octanol–water partition coefficient (Wildman–Crippen LogP) is -0.863. The van der Waals surface area contributed by atoms with E-state index in [1.165, 1.54) is 6.07 Å². The number of phenols is 1. The van der Waals surface area contributed by atoms with Gasteiger partial charge in [0.25, 0.3) is 0 Å². The van der Waals surface area contributed by atoms with Crippen molar-refractivity contribution in [3.8, 4) is 22.6 Å². The molecule has 0 unspecified atom stereocenters. The first-order chi connectivity index (χ1) is 6.79. The number of benzene rings is 2. The first kappa shape index (κ1) is 11.7. The number of aromatic hydroxyl groups is 1. The Bertz CT molecular complexity index is 411. The van der Waals surface area contributed by atoms with E-state index in [1.807, 2.05) is 0 Å². The molecule has 0 aliphatic heterocycles. The van der Waals surface area contributed by atoms with Crippen LogP contribution >= 0.6 is 0 Å². The molecule has 0 radical (unpaired) electrons. The zero-order valence-corrected chi connectivity index (χ0v) is 8.47. The van der Waals surface area contributed by atoms with E-state index in [9.17, 15) is 10.2 Å². The molecule has 2 nitrogen and oxygen atoms in total. The van der Waals surface area contributed by atoms with Crippen molar-refractivity contribution < 1.29 is 29.1 Å². The molecule has 0 spiro atoms. The van der Waals surface area contributed by atoms with Gasteiger partial charge in [-0.05, 0) is 11.6 Å². The van der Waals surface area contributed by atoms with E-state index < -0.39 is 0 Å². The van der Waals surface area contributed by atoms with Crippen molar-refractivity contribution in [1.82, 2.24) is 0 Å². The van der Waals surface area contributed by atoms with Gasteiger partial charge in [0.15, 0.2) is 0 Å². The summed E-state index contributed by atoms with van der Waals surface area (Å²) in [4.78, 5) is 0. The Hall–Kier alpha value is -1.36. The summed E-state index contributed by atoms with van der Waals surface area (Å²) in [5.74, 6) is 0.0600. The fourth-order valence-corrected chi connectivity index (χ4v) is 1.39. The second-order valence-electron chi connectivity index (χ2n) is 3.01. The molecule has 0 aromatic heterocycles. The Balaban J connectivity index is 0.00000112. The molecular formula is C12H9LiO2. The third kappa shape index (κ3) is 2.36. The molecule has 2 rings (SSSR count). The molecule has 70 valence electrons. The van der Waals surface area contributed by atoms with Gasteiger partial charge in [0.1, 0.15) is 5.75 Å². The van der Waals surface area contributed by atoms with Gasteiger partial charge in [-0.1, -0.05) is 42.5 Å². The van der Waals surface area contributed by atoms with Crippen LogP contribution in [0.3, 0.4) is 0 Å². The first-order valence-corrected chi connectivity index (χ1v) is 4.33. The Morgan fingerprint density at radius 2 is 1.33 bits per heavy atom. The van der Waals surface area contributed by atoms with Crippen LogP contribution in [0.5, 0.6) is 11.5 Å². The SMILES string of the molecule is [Li+].[O-]c1ccccc1-c1ccccc1O. The molecule has 0 aliphatic carbocycles. The summed E-state index contributed by atoms with van der Waals surface area (Å²) >= 11 is 0. The number of phenolic OH excluding ortho intramolecular Hbond substituents is 1. The molecule has 0 bridgehead atoms. The normalized spacial score (nSPS) is 9.33. The number of para-hydroxylation sites is 2. The van der Waals surface area contributed by atoms with Crippen LogP contribution in [0.15, 0.2) is 48.5 Å². The summed E-state index contributed by atoms with van der Waals surface area (Å²) in [5.41, 5.74) is 1.11. The standard InChI is InChI=1S/C12H10O2.Li/c13-11-7-3-1-5-9(11)10-6-2-4-8-12(10)14;/h1-8,13-14H;/q;+1/p-1. The zero-order valence-electron chi connectivity index (χ0n) is 8.47. The molecule has 15 heavy (non-hydrogen) atoms. The van der Waals surface area contributed by atoms with Crippen molar-refractivity contribution >= 4 is 0 Å². The Labute approximate surface area is 100 Å². The van der Waals surface area contributed by atoms with Gasteiger partial charge in [-0.3, -0.25) is 0 Å². The molecule has 0 saturated heterocycles. The molecule has 0 aliphatic rings. The maximum Gasteiger partial charge on any atom is 1.00 e. The van der Waals surface area contributed by atoms with E-state index in [2.05, 4.69) is 0 Å². The van der Waals surface area contributed by atoms with Gasteiger partial charge in [0.05, 0.1) is 0 Å². The summed E-state index contributed by atoms with van der Waals surface area (Å²) in [6, 6.07) is 13.5. The third-order valence-electron chi connectivity index (χ3n) is 2.08. The Morgan fingerprint density at radius 1 is 0.800 bits per heavy atom. The van der Waals surface area contributed by atoms with E-state index in [4.69, 9.17) is 0 Å². The zero-order chi connectivity index (χ0) is 9.97. The average molecular weight is 192 g/mol. The van der Waals surface area contributed by atoms with Crippen LogP contribution in [-0.2, 0) is 0 Å². The Kier molecular flexibility index (Phi) is 3.85.